The van der Waals surface area contributed by atoms with E-state index in [1.54, 1.807) is 6.92 Å². The van der Waals surface area contributed by atoms with E-state index in [2.05, 4.69) is 5.32 Å². The van der Waals surface area contributed by atoms with Gasteiger partial charge in [0.05, 0.1) is 16.0 Å². The molecule has 1 saturated heterocycles. The van der Waals surface area contributed by atoms with Crippen molar-refractivity contribution < 1.29 is 26.4 Å². The molecule has 1 aliphatic rings. The molecule has 1 fully saturated rings. The van der Waals surface area contributed by atoms with Gasteiger partial charge in [-0.05, 0) is 55.7 Å². The summed E-state index contributed by atoms with van der Waals surface area (Å²) in [7, 11) is -3.85. The molecule has 1 aliphatic heterocycles. The van der Waals surface area contributed by atoms with Gasteiger partial charge in [-0.15, -0.1) is 0 Å². The molecule has 2 aromatic carbocycles. The van der Waals surface area contributed by atoms with Crippen molar-refractivity contribution in [1.82, 2.24) is 9.62 Å². The summed E-state index contributed by atoms with van der Waals surface area (Å²) in [5.74, 6) is -3.36. The van der Waals surface area contributed by atoms with Gasteiger partial charge in [0.1, 0.15) is 5.82 Å². The van der Waals surface area contributed by atoms with Crippen molar-refractivity contribution in [2.75, 3.05) is 13.1 Å². The van der Waals surface area contributed by atoms with E-state index in [4.69, 9.17) is 11.6 Å². The molecule has 1 N–H and O–H groups in total. The van der Waals surface area contributed by atoms with Gasteiger partial charge in [0, 0.05) is 19.0 Å². The Labute approximate surface area is 177 Å². The number of amides is 1. The molecule has 0 bridgehead atoms. The number of sulfonamides is 1. The smallest absolute Gasteiger partial charge is 0.243 e. The fourth-order valence-corrected chi connectivity index (χ4v) is 5.08. The zero-order chi connectivity index (χ0) is 22.1. The molecule has 0 spiro atoms. The Hall–Kier alpha value is -2.10. The maximum Gasteiger partial charge on any atom is 0.243 e. The number of rotatable bonds is 5. The summed E-state index contributed by atoms with van der Waals surface area (Å²) in [4.78, 5) is 12.4. The highest BCUT2D eigenvalue weighted by Crippen LogP contribution is 2.27. The second-order valence-electron chi connectivity index (χ2n) is 7.16. The normalized spacial score (nSPS) is 17.0. The van der Waals surface area contributed by atoms with Gasteiger partial charge in [0.2, 0.25) is 15.9 Å². The zero-order valence-electron chi connectivity index (χ0n) is 16.0. The molecule has 0 aliphatic carbocycles. The Bertz CT molecular complexity index is 1060. The molecule has 30 heavy (non-hydrogen) atoms. The van der Waals surface area contributed by atoms with Crippen LogP contribution in [0.1, 0.15) is 31.4 Å². The third-order valence-corrected chi connectivity index (χ3v) is 7.34. The number of nitrogens with one attached hydrogen (secondary N) is 1. The fourth-order valence-electron chi connectivity index (χ4n) is 3.34. The molecule has 0 radical (unpaired) electrons. The van der Waals surface area contributed by atoms with Crippen LogP contribution in [0.5, 0.6) is 0 Å². The minimum atomic E-state index is -3.85. The highest BCUT2D eigenvalue weighted by atomic mass is 35.5. The molecule has 5 nitrogen and oxygen atoms in total. The standard InChI is InChI=1S/C20H20ClF3N2O3S/c1-12(14-2-4-18(23)19(24)10-14)25-20(27)13-6-8-26(9-7-13)30(28,29)15-3-5-17(22)16(21)11-15/h2-5,10-13H,6-9H2,1H3,(H,25,27). The van der Waals surface area contributed by atoms with Crippen molar-refractivity contribution in [2.24, 2.45) is 5.92 Å². The summed E-state index contributed by atoms with van der Waals surface area (Å²) in [6.45, 7) is 1.90. The Morgan fingerprint density at radius 2 is 1.70 bits per heavy atom. The summed E-state index contributed by atoms with van der Waals surface area (Å²) in [5, 5.41) is 2.48. The van der Waals surface area contributed by atoms with E-state index in [0.29, 0.717) is 18.4 Å². The van der Waals surface area contributed by atoms with Gasteiger partial charge in [-0.25, -0.2) is 21.6 Å². The lowest BCUT2D eigenvalue weighted by Crippen LogP contribution is -2.43. The number of nitrogens with zero attached hydrogens (tertiary/aromatic N) is 1. The van der Waals surface area contributed by atoms with Gasteiger partial charge in [-0.1, -0.05) is 17.7 Å². The highest BCUT2D eigenvalue weighted by molar-refractivity contribution is 7.89. The topological polar surface area (TPSA) is 66.5 Å². The van der Waals surface area contributed by atoms with Gasteiger partial charge >= 0.3 is 0 Å². The molecule has 1 amide bonds. The highest BCUT2D eigenvalue weighted by Gasteiger charge is 2.32. The minimum Gasteiger partial charge on any atom is -0.349 e. The van der Waals surface area contributed by atoms with E-state index in [1.165, 1.54) is 10.4 Å². The zero-order valence-corrected chi connectivity index (χ0v) is 17.6. The number of carbonyl (C=O) groups is 1. The van der Waals surface area contributed by atoms with Crippen molar-refractivity contribution in [2.45, 2.75) is 30.7 Å². The average Bonchev–Trinajstić information content (AvgIpc) is 2.72. The van der Waals surface area contributed by atoms with Crippen molar-refractivity contribution in [1.29, 1.82) is 0 Å². The van der Waals surface area contributed by atoms with Crippen LogP contribution in [0.2, 0.25) is 5.02 Å². The van der Waals surface area contributed by atoms with Crippen LogP contribution in [0.3, 0.4) is 0 Å². The van der Waals surface area contributed by atoms with Crippen molar-refractivity contribution >= 4 is 27.5 Å². The fraction of sp³-hybridized carbons (Fsp3) is 0.350. The molecule has 162 valence electrons. The molecule has 1 heterocycles. The summed E-state index contributed by atoms with van der Waals surface area (Å²) in [5.41, 5.74) is 0.426. The van der Waals surface area contributed by atoms with E-state index in [-0.39, 0.29) is 28.9 Å². The second-order valence-corrected chi connectivity index (χ2v) is 9.50. The molecule has 1 unspecified atom stereocenters. The number of benzene rings is 2. The van der Waals surface area contributed by atoms with Crippen molar-refractivity contribution in [3.8, 4) is 0 Å². The van der Waals surface area contributed by atoms with E-state index in [0.717, 1.165) is 30.3 Å². The minimum absolute atomic E-state index is 0.108. The number of carbonyl (C=O) groups excluding carboxylic acids is 1. The van der Waals surface area contributed by atoms with Gasteiger partial charge < -0.3 is 5.32 Å². The number of hydrogen-bond acceptors (Lipinski definition) is 3. The van der Waals surface area contributed by atoms with Crippen molar-refractivity contribution in [3.63, 3.8) is 0 Å². The quantitative estimate of drug-likeness (QED) is 0.732. The van der Waals surface area contributed by atoms with Crippen LogP contribution in [0.25, 0.3) is 0 Å². The first-order chi connectivity index (χ1) is 14.1. The largest absolute Gasteiger partial charge is 0.349 e. The summed E-state index contributed by atoms with van der Waals surface area (Å²) in [6.07, 6.45) is 0.592. The third-order valence-electron chi connectivity index (χ3n) is 5.16. The van der Waals surface area contributed by atoms with Crippen LogP contribution in [0.15, 0.2) is 41.3 Å². The van der Waals surface area contributed by atoms with E-state index < -0.39 is 39.4 Å². The number of hydrogen-bond donors (Lipinski definition) is 1. The average molecular weight is 461 g/mol. The Balaban J connectivity index is 1.61. The molecular weight excluding hydrogens is 441 g/mol. The predicted molar refractivity (Wildman–Crippen MR) is 106 cm³/mol. The van der Waals surface area contributed by atoms with Crippen LogP contribution in [0, 0.1) is 23.4 Å². The lowest BCUT2D eigenvalue weighted by Gasteiger charge is -2.31. The molecule has 0 saturated carbocycles. The van der Waals surface area contributed by atoms with Crippen molar-refractivity contribution in [3.05, 3.63) is 64.4 Å². The first kappa shape index (κ1) is 22.6. The van der Waals surface area contributed by atoms with E-state index in [9.17, 15) is 26.4 Å². The third kappa shape index (κ3) is 4.79. The Morgan fingerprint density at radius 1 is 1.07 bits per heavy atom. The molecule has 2 aromatic rings. The second kappa shape index (κ2) is 8.95. The Kier molecular flexibility index (Phi) is 6.74. The van der Waals surface area contributed by atoms with Gasteiger partial charge in [0.15, 0.2) is 11.6 Å². The lowest BCUT2D eigenvalue weighted by atomic mass is 9.96. The Morgan fingerprint density at radius 3 is 2.30 bits per heavy atom. The van der Waals surface area contributed by atoms with E-state index >= 15 is 0 Å². The van der Waals surface area contributed by atoms with Crippen LogP contribution in [-0.4, -0.2) is 31.7 Å². The first-order valence-electron chi connectivity index (χ1n) is 9.30. The first-order valence-corrected chi connectivity index (χ1v) is 11.1. The van der Waals surface area contributed by atoms with Crippen LogP contribution >= 0.6 is 11.6 Å². The molecule has 3 rings (SSSR count). The SMILES string of the molecule is CC(NC(=O)C1CCN(S(=O)(=O)c2ccc(F)c(Cl)c2)CC1)c1ccc(F)c(F)c1. The summed E-state index contributed by atoms with van der Waals surface area (Å²) in [6, 6.07) is 6.10. The van der Waals surface area contributed by atoms with E-state index in [1.807, 2.05) is 0 Å². The molecule has 1 atom stereocenters. The number of piperidine rings is 1. The monoisotopic (exact) mass is 460 g/mol. The maximum absolute atomic E-state index is 13.4. The lowest BCUT2D eigenvalue weighted by molar-refractivity contribution is -0.126. The molecule has 0 aromatic heterocycles. The predicted octanol–water partition coefficient (Wildman–Crippen LogP) is 4.04. The van der Waals surface area contributed by atoms with Crippen LogP contribution < -0.4 is 5.32 Å². The van der Waals surface area contributed by atoms with Gasteiger partial charge in [0.25, 0.3) is 0 Å². The van der Waals surface area contributed by atoms with Gasteiger partial charge in [-0.2, -0.15) is 4.31 Å². The van der Waals surface area contributed by atoms with Crippen LogP contribution in [0.4, 0.5) is 13.2 Å². The molecule has 10 heteroatoms. The van der Waals surface area contributed by atoms with Gasteiger partial charge in [-0.3, -0.25) is 4.79 Å². The maximum atomic E-state index is 13.4. The summed E-state index contributed by atoms with van der Waals surface area (Å²) >= 11 is 5.69. The number of halogens is 4. The summed E-state index contributed by atoms with van der Waals surface area (Å²) < 4.78 is 66.5. The molecular formula is C20H20ClF3N2O3S. The van der Waals surface area contributed by atoms with Crippen LogP contribution in [-0.2, 0) is 14.8 Å².